The van der Waals surface area contributed by atoms with Crippen LogP contribution >= 0.6 is 0 Å². The molecule has 0 fully saturated rings. The van der Waals surface area contributed by atoms with E-state index in [0.29, 0.717) is 16.9 Å². The summed E-state index contributed by atoms with van der Waals surface area (Å²) in [6, 6.07) is 9.71. The number of aryl methyl sites for hydroxylation is 2. The lowest BCUT2D eigenvalue weighted by Gasteiger charge is -2.13. The minimum atomic E-state index is -3.73. The van der Waals surface area contributed by atoms with E-state index in [1.807, 2.05) is 13.8 Å². The van der Waals surface area contributed by atoms with Crippen LogP contribution in [-0.2, 0) is 16.6 Å². The maximum absolute atomic E-state index is 12.6. The Kier molecular flexibility index (Phi) is 5.26. The number of nitrogens with one attached hydrogen (secondary N) is 1. The van der Waals surface area contributed by atoms with Crippen LogP contribution in [0.4, 0.5) is 0 Å². The number of hydrogen-bond acceptors (Lipinski definition) is 4. The predicted octanol–water partition coefficient (Wildman–Crippen LogP) is 1.89. The number of sulfonamides is 1. The fourth-order valence-electron chi connectivity index (χ4n) is 2.18. The number of methoxy groups -OCH3 is 1. The molecule has 6 nitrogen and oxygen atoms in total. The van der Waals surface area contributed by atoms with Gasteiger partial charge in [0.15, 0.2) is 0 Å². The molecule has 0 saturated heterocycles. The number of benzene rings is 2. The van der Waals surface area contributed by atoms with Gasteiger partial charge in [-0.1, -0.05) is 12.1 Å². The van der Waals surface area contributed by atoms with Gasteiger partial charge in [-0.25, -0.2) is 13.1 Å². The molecule has 0 atom stereocenters. The minimum absolute atomic E-state index is 0.0947. The Morgan fingerprint density at radius 2 is 1.71 bits per heavy atom. The average Bonchev–Trinajstić information content (AvgIpc) is 2.55. The first-order valence-corrected chi connectivity index (χ1v) is 8.76. The summed E-state index contributed by atoms with van der Waals surface area (Å²) in [5.74, 6) is -0.225. The van der Waals surface area contributed by atoms with E-state index in [0.717, 1.165) is 11.1 Å². The number of carbonyl (C=O) groups is 1. The summed E-state index contributed by atoms with van der Waals surface area (Å²) in [5.41, 5.74) is 8.08. The molecule has 3 N–H and O–H groups in total. The molecule has 0 saturated carbocycles. The summed E-state index contributed by atoms with van der Waals surface area (Å²) in [6.07, 6.45) is 0. The highest BCUT2D eigenvalue weighted by Gasteiger charge is 2.20. The highest BCUT2D eigenvalue weighted by Crippen LogP contribution is 2.27. The monoisotopic (exact) mass is 348 g/mol. The molecule has 1 amide bonds. The van der Waals surface area contributed by atoms with E-state index in [-0.39, 0.29) is 11.4 Å². The van der Waals surface area contributed by atoms with Crippen molar-refractivity contribution in [2.75, 3.05) is 7.11 Å². The van der Waals surface area contributed by atoms with Crippen LogP contribution in [0, 0.1) is 13.8 Å². The number of ether oxygens (including phenoxy) is 1. The molecule has 0 aromatic heterocycles. The van der Waals surface area contributed by atoms with Crippen LogP contribution in [0.5, 0.6) is 5.75 Å². The van der Waals surface area contributed by atoms with Crippen molar-refractivity contribution in [2.24, 2.45) is 5.73 Å². The van der Waals surface area contributed by atoms with Gasteiger partial charge >= 0.3 is 0 Å². The summed E-state index contributed by atoms with van der Waals surface area (Å²) in [4.78, 5) is 11.1. The van der Waals surface area contributed by atoms with Crippen LogP contribution in [0.15, 0.2) is 41.3 Å². The standard InChI is InChI=1S/C17H20N2O4S/c1-11-8-15(23-3)16(9-12(11)2)24(21,22)19-10-13-4-6-14(7-5-13)17(18)20/h4-9,19H,10H2,1-3H3,(H2,18,20). The van der Waals surface area contributed by atoms with Crippen LogP contribution in [0.1, 0.15) is 27.0 Å². The first-order valence-electron chi connectivity index (χ1n) is 7.28. The number of amides is 1. The first kappa shape index (κ1) is 18.0. The third-order valence-electron chi connectivity index (χ3n) is 3.77. The van der Waals surface area contributed by atoms with Crippen molar-refractivity contribution in [1.29, 1.82) is 0 Å². The molecule has 0 spiro atoms. The molecule has 24 heavy (non-hydrogen) atoms. The third-order valence-corrected chi connectivity index (χ3v) is 5.20. The second-order valence-corrected chi connectivity index (χ2v) is 7.21. The first-order chi connectivity index (χ1) is 11.2. The third kappa shape index (κ3) is 3.93. The lowest BCUT2D eigenvalue weighted by molar-refractivity contribution is 0.1000. The molecular weight excluding hydrogens is 328 g/mol. The molecule has 128 valence electrons. The molecule has 7 heteroatoms. The SMILES string of the molecule is COc1cc(C)c(C)cc1S(=O)(=O)NCc1ccc(C(N)=O)cc1. The Hall–Kier alpha value is -2.38. The molecule has 0 unspecified atom stereocenters. The van der Waals surface area contributed by atoms with Crippen molar-refractivity contribution in [3.8, 4) is 5.75 Å². The Bertz CT molecular complexity index is 859. The Labute approximate surface area is 141 Å². The van der Waals surface area contributed by atoms with Crippen LogP contribution in [0.3, 0.4) is 0 Å². The topological polar surface area (TPSA) is 98.5 Å². The number of carbonyl (C=O) groups excluding carboxylic acids is 1. The number of nitrogens with two attached hydrogens (primary N) is 1. The maximum atomic E-state index is 12.6. The molecule has 2 aromatic rings. The van der Waals surface area contributed by atoms with Gasteiger partial charge in [-0.05, 0) is 54.8 Å². The van der Waals surface area contributed by atoms with Gasteiger partial charge in [-0.2, -0.15) is 0 Å². The van der Waals surface area contributed by atoms with Gasteiger partial charge in [-0.3, -0.25) is 4.79 Å². The molecular formula is C17H20N2O4S. The van der Waals surface area contributed by atoms with Crippen molar-refractivity contribution in [1.82, 2.24) is 4.72 Å². The van der Waals surface area contributed by atoms with E-state index in [4.69, 9.17) is 10.5 Å². The van der Waals surface area contributed by atoms with E-state index in [9.17, 15) is 13.2 Å². The normalized spacial score (nSPS) is 11.3. The van der Waals surface area contributed by atoms with Crippen molar-refractivity contribution < 1.29 is 17.9 Å². The fraction of sp³-hybridized carbons (Fsp3) is 0.235. The lowest BCUT2D eigenvalue weighted by atomic mass is 10.1. The second-order valence-electron chi connectivity index (χ2n) is 5.47. The van der Waals surface area contributed by atoms with Crippen LogP contribution < -0.4 is 15.2 Å². The van der Waals surface area contributed by atoms with Crippen molar-refractivity contribution in [2.45, 2.75) is 25.3 Å². The molecule has 2 aromatic carbocycles. The molecule has 0 radical (unpaired) electrons. The van der Waals surface area contributed by atoms with Crippen LogP contribution in [0.25, 0.3) is 0 Å². The van der Waals surface area contributed by atoms with E-state index in [2.05, 4.69) is 4.72 Å². The highest BCUT2D eigenvalue weighted by atomic mass is 32.2. The zero-order valence-electron chi connectivity index (χ0n) is 13.8. The second kappa shape index (κ2) is 7.02. The van der Waals surface area contributed by atoms with Gasteiger partial charge < -0.3 is 10.5 Å². The largest absolute Gasteiger partial charge is 0.495 e. The maximum Gasteiger partial charge on any atom is 0.248 e. The van der Waals surface area contributed by atoms with Gasteiger partial charge in [0, 0.05) is 12.1 Å². The van der Waals surface area contributed by atoms with Crippen molar-refractivity contribution in [3.05, 3.63) is 58.7 Å². The smallest absolute Gasteiger partial charge is 0.248 e. The van der Waals surface area contributed by atoms with Crippen molar-refractivity contribution >= 4 is 15.9 Å². The Balaban J connectivity index is 2.22. The highest BCUT2D eigenvalue weighted by molar-refractivity contribution is 7.89. The van der Waals surface area contributed by atoms with Gasteiger partial charge in [0.05, 0.1) is 7.11 Å². The lowest BCUT2D eigenvalue weighted by Crippen LogP contribution is -2.24. The summed E-state index contributed by atoms with van der Waals surface area (Å²) in [7, 11) is -2.30. The van der Waals surface area contributed by atoms with Gasteiger partial charge in [0.25, 0.3) is 0 Å². The zero-order valence-corrected chi connectivity index (χ0v) is 14.6. The van der Waals surface area contributed by atoms with E-state index >= 15 is 0 Å². The van der Waals surface area contributed by atoms with E-state index in [1.165, 1.54) is 7.11 Å². The summed E-state index contributed by atoms with van der Waals surface area (Å²) in [6.45, 7) is 3.83. The summed E-state index contributed by atoms with van der Waals surface area (Å²) >= 11 is 0. The molecule has 0 bridgehead atoms. The fourth-order valence-corrected chi connectivity index (χ4v) is 3.43. The molecule has 0 aliphatic rings. The zero-order chi connectivity index (χ0) is 17.9. The average molecular weight is 348 g/mol. The minimum Gasteiger partial charge on any atom is -0.495 e. The molecule has 0 aliphatic carbocycles. The predicted molar refractivity (Wildman–Crippen MR) is 91.5 cm³/mol. The number of hydrogen-bond donors (Lipinski definition) is 2. The van der Waals surface area contributed by atoms with Gasteiger partial charge in [0.1, 0.15) is 10.6 Å². The number of rotatable bonds is 6. The van der Waals surface area contributed by atoms with Gasteiger partial charge in [-0.15, -0.1) is 0 Å². The molecule has 0 aliphatic heterocycles. The molecule has 2 rings (SSSR count). The van der Waals surface area contributed by atoms with E-state index in [1.54, 1.807) is 36.4 Å². The quantitative estimate of drug-likeness (QED) is 0.833. The molecule has 0 heterocycles. The van der Waals surface area contributed by atoms with Crippen LogP contribution in [-0.4, -0.2) is 21.4 Å². The number of primary amides is 1. The Morgan fingerprint density at radius 1 is 1.12 bits per heavy atom. The van der Waals surface area contributed by atoms with Crippen LogP contribution in [0.2, 0.25) is 0 Å². The van der Waals surface area contributed by atoms with Crippen molar-refractivity contribution in [3.63, 3.8) is 0 Å². The summed E-state index contributed by atoms with van der Waals surface area (Å²) in [5, 5.41) is 0. The van der Waals surface area contributed by atoms with E-state index < -0.39 is 15.9 Å². The Morgan fingerprint density at radius 3 is 2.25 bits per heavy atom. The summed E-state index contributed by atoms with van der Waals surface area (Å²) < 4.78 is 32.8. The van der Waals surface area contributed by atoms with Gasteiger partial charge in [0.2, 0.25) is 15.9 Å².